The quantitative estimate of drug-likeness (QED) is 0.899. The number of rotatable bonds is 4. The second-order valence-electron chi connectivity index (χ2n) is 6.03. The molecule has 126 valence electrons. The van der Waals surface area contributed by atoms with Gasteiger partial charge in [0.15, 0.2) is 0 Å². The maximum atomic E-state index is 12.8. The summed E-state index contributed by atoms with van der Waals surface area (Å²) in [5.74, 6) is 0.0988. The van der Waals surface area contributed by atoms with Gasteiger partial charge in [-0.3, -0.25) is 4.79 Å². The van der Waals surface area contributed by atoms with Crippen molar-refractivity contribution in [1.29, 1.82) is 0 Å². The van der Waals surface area contributed by atoms with E-state index in [1.54, 1.807) is 12.1 Å². The third-order valence-electron chi connectivity index (χ3n) is 4.54. The third-order valence-corrected chi connectivity index (χ3v) is 4.54. The van der Waals surface area contributed by atoms with Gasteiger partial charge in [0.2, 0.25) is 5.91 Å². The van der Waals surface area contributed by atoms with E-state index < -0.39 is 0 Å². The van der Waals surface area contributed by atoms with Crippen LogP contribution in [0.3, 0.4) is 0 Å². The van der Waals surface area contributed by atoms with Crippen LogP contribution in [0, 0.1) is 0 Å². The van der Waals surface area contributed by atoms with Crippen LogP contribution in [0.1, 0.15) is 11.5 Å². The molecule has 2 aromatic carbocycles. The summed E-state index contributed by atoms with van der Waals surface area (Å²) >= 11 is 0. The predicted molar refractivity (Wildman–Crippen MR) is 95.1 cm³/mol. The number of piperazine rings is 1. The van der Waals surface area contributed by atoms with Gasteiger partial charge in [0.25, 0.3) is 0 Å². The minimum Gasteiger partial charge on any atom is -0.508 e. The number of carbonyl (C=O) groups is 1. The Labute approximate surface area is 142 Å². The van der Waals surface area contributed by atoms with Gasteiger partial charge in [0.05, 0.1) is 5.92 Å². The summed E-state index contributed by atoms with van der Waals surface area (Å²) in [6.07, 6.45) is 0. The monoisotopic (exact) mass is 325 g/mol. The molecule has 0 radical (unpaired) electrons. The lowest BCUT2D eigenvalue weighted by Crippen LogP contribution is -2.50. The van der Waals surface area contributed by atoms with E-state index in [1.165, 1.54) is 0 Å². The van der Waals surface area contributed by atoms with Gasteiger partial charge < -0.3 is 20.6 Å². The highest BCUT2D eigenvalue weighted by Crippen LogP contribution is 2.22. The van der Waals surface area contributed by atoms with Crippen molar-refractivity contribution in [3.8, 4) is 5.75 Å². The molecule has 1 atom stereocenters. The number of anilines is 1. The smallest absolute Gasteiger partial charge is 0.231 e. The van der Waals surface area contributed by atoms with Gasteiger partial charge in [-0.05, 0) is 29.8 Å². The van der Waals surface area contributed by atoms with Gasteiger partial charge in [0.1, 0.15) is 5.75 Å². The number of phenolic OH excluding ortho intramolecular Hbond substituents is 1. The lowest BCUT2D eigenvalue weighted by atomic mass is 9.97. The van der Waals surface area contributed by atoms with Crippen molar-refractivity contribution in [3.05, 3.63) is 60.2 Å². The molecule has 0 saturated carbocycles. The average Bonchev–Trinajstić information content (AvgIpc) is 2.64. The third kappa shape index (κ3) is 3.51. The molecular weight excluding hydrogens is 302 g/mol. The van der Waals surface area contributed by atoms with Crippen LogP contribution in [0.5, 0.6) is 5.75 Å². The van der Waals surface area contributed by atoms with Crippen LogP contribution in [0.15, 0.2) is 54.6 Å². The number of aromatic hydroxyl groups is 1. The fourth-order valence-electron chi connectivity index (χ4n) is 3.13. The van der Waals surface area contributed by atoms with Crippen molar-refractivity contribution in [1.82, 2.24) is 4.90 Å². The predicted octanol–water partition coefficient (Wildman–Crippen LogP) is 1.78. The zero-order valence-corrected chi connectivity index (χ0v) is 13.6. The number of nitrogens with two attached hydrogens (primary N) is 1. The Hall–Kier alpha value is -2.53. The fraction of sp³-hybridized carbons (Fsp3) is 0.316. The SMILES string of the molecule is NCC(C(=O)N1CCN(c2ccc(O)cc2)CC1)c1ccccc1. The van der Waals surface area contributed by atoms with Gasteiger partial charge in [-0.25, -0.2) is 0 Å². The van der Waals surface area contributed by atoms with Crippen LogP contribution < -0.4 is 10.6 Å². The lowest BCUT2D eigenvalue weighted by Gasteiger charge is -2.37. The van der Waals surface area contributed by atoms with E-state index >= 15 is 0 Å². The molecule has 1 saturated heterocycles. The second-order valence-corrected chi connectivity index (χ2v) is 6.03. The summed E-state index contributed by atoms with van der Waals surface area (Å²) in [6, 6.07) is 16.9. The summed E-state index contributed by atoms with van der Waals surface area (Å²) < 4.78 is 0. The van der Waals surface area contributed by atoms with Gasteiger partial charge in [-0.2, -0.15) is 0 Å². The Morgan fingerprint density at radius 1 is 1.00 bits per heavy atom. The van der Waals surface area contributed by atoms with Crippen LogP contribution in [0.25, 0.3) is 0 Å². The summed E-state index contributed by atoms with van der Waals surface area (Å²) in [7, 11) is 0. The standard InChI is InChI=1S/C19H23N3O2/c20-14-18(15-4-2-1-3-5-15)19(24)22-12-10-21(11-13-22)16-6-8-17(23)9-7-16/h1-9,18,23H,10-14,20H2. The normalized spacial score (nSPS) is 16.0. The van der Waals surface area contributed by atoms with Crippen molar-refractivity contribution in [2.75, 3.05) is 37.6 Å². The maximum absolute atomic E-state index is 12.8. The Bertz CT molecular complexity index is 665. The Morgan fingerprint density at radius 2 is 1.62 bits per heavy atom. The molecule has 0 bridgehead atoms. The molecular formula is C19H23N3O2. The first-order valence-electron chi connectivity index (χ1n) is 8.27. The van der Waals surface area contributed by atoms with E-state index in [4.69, 9.17) is 5.73 Å². The average molecular weight is 325 g/mol. The Morgan fingerprint density at radius 3 is 2.21 bits per heavy atom. The number of amides is 1. The summed E-state index contributed by atoms with van der Waals surface area (Å²) in [4.78, 5) is 16.9. The number of phenols is 1. The van der Waals surface area contributed by atoms with E-state index in [-0.39, 0.29) is 17.6 Å². The van der Waals surface area contributed by atoms with Crippen molar-refractivity contribution < 1.29 is 9.90 Å². The molecule has 1 unspecified atom stereocenters. The molecule has 1 fully saturated rings. The molecule has 1 heterocycles. The molecule has 5 heteroatoms. The number of hydrogen-bond acceptors (Lipinski definition) is 4. The van der Waals surface area contributed by atoms with E-state index in [1.807, 2.05) is 47.4 Å². The van der Waals surface area contributed by atoms with Crippen LogP contribution in [-0.4, -0.2) is 48.6 Å². The number of nitrogens with zero attached hydrogens (tertiary/aromatic N) is 2. The topological polar surface area (TPSA) is 69.8 Å². The Balaban J connectivity index is 1.63. The number of hydrogen-bond donors (Lipinski definition) is 2. The van der Waals surface area contributed by atoms with Crippen LogP contribution in [0.4, 0.5) is 5.69 Å². The van der Waals surface area contributed by atoms with Crippen molar-refractivity contribution in [2.45, 2.75) is 5.92 Å². The highest BCUT2D eigenvalue weighted by Gasteiger charge is 2.27. The second kappa shape index (κ2) is 7.36. The van der Waals surface area contributed by atoms with Crippen molar-refractivity contribution >= 4 is 11.6 Å². The zero-order chi connectivity index (χ0) is 16.9. The van der Waals surface area contributed by atoms with Crippen LogP contribution >= 0.6 is 0 Å². The van der Waals surface area contributed by atoms with Gasteiger partial charge in [0, 0.05) is 38.4 Å². The molecule has 3 rings (SSSR count). The summed E-state index contributed by atoms with van der Waals surface area (Å²) in [5, 5.41) is 9.38. The maximum Gasteiger partial charge on any atom is 0.231 e. The first kappa shape index (κ1) is 16.3. The van der Waals surface area contributed by atoms with E-state index in [0.29, 0.717) is 19.6 Å². The lowest BCUT2D eigenvalue weighted by molar-refractivity contribution is -0.132. The summed E-state index contributed by atoms with van der Waals surface area (Å²) in [6.45, 7) is 3.25. The molecule has 0 aromatic heterocycles. The minimum absolute atomic E-state index is 0.106. The van der Waals surface area contributed by atoms with Gasteiger partial charge in [-0.15, -0.1) is 0 Å². The van der Waals surface area contributed by atoms with Gasteiger partial charge >= 0.3 is 0 Å². The molecule has 0 aliphatic carbocycles. The van der Waals surface area contributed by atoms with Gasteiger partial charge in [-0.1, -0.05) is 30.3 Å². The number of carbonyl (C=O) groups excluding carboxylic acids is 1. The Kier molecular flexibility index (Phi) is 5.01. The first-order valence-corrected chi connectivity index (χ1v) is 8.27. The van der Waals surface area contributed by atoms with Crippen LogP contribution in [-0.2, 0) is 4.79 Å². The molecule has 1 amide bonds. The van der Waals surface area contributed by atoms with Crippen molar-refractivity contribution in [2.24, 2.45) is 5.73 Å². The minimum atomic E-state index is -0.272. The molecule has 2 aromatic rings. The van der Waals surface area contributed by atoms with Crippen LogP contribution in [0.2, 0.25) is 0 Å². The fourth-order valence-corrected chi connectivity index (χ4v) is 3.13. The largest absolute Gasteiger partial charge is 0.508 e. The van der Waals surface area contributed by atoms with E-state index in [2.05, 4.69) is 4.90 Å². The van der Waals surface area contributed by atoms with Crippen molar-refractivity contribution in [3.63, 3.8) is 0 Å². The molecule has 3 N–H and O–H groups in total. The highest BCUT2D eigenvalue weighted by molar-refractivity contribution is 5.84. The zero-order valence-electron chi connectivity index (χ0n) is 13.6. The molecule has 1 aliphatic rings. The molecule has 1 aliphatic heterocycles. The van der Waals surface area contributed by atoms with E-state index in [9.17, 15) is 9.90 Å². The van der Waals surface area contributed by atoms with E-state index in [0.717, 1.165) is 24.3 Å². The highest BCUT2D eigenvalue weighted by atomic mass is 16.3. The molecule has 24 heavy (non-hydrogen) atoms. The first-order chi connectivity index (χ1) is 11.7. The summed E-state index contributed by atoms with van der Waals surface area (Å²) in [5.41, 5.74) is 7.91. The number of benzene rings is 2. The molecule has 5 nitrogen and oxygen atoms in total. The molecule has 0 spiro atoms.